The molecular weight excluding hydrogens is 206 g/mol. The zero-order valence-electron chi connectivity index (χ0n) is 8.11. The molecule has 1 heterocycles. The van der Waals surface area contributed by atoms with Crippen LogP contribution in [0, 0.1) is 5.92 Å². The highest BCUT2D eigenvalue weighted by Crippen LogP contribution is 2.12. The van der Waals surface area contributed by atoms with Crippen LogP contribution in [0.15, 0.2) is 0 Å². The highest BCUT2D eigenvalue weighted by atomic mass is 32.2. The maximum atomic E-state index is 11.2. The van der Waals surface area contributed by atoms with Gasteiger partial charge in [-0.15, -0.1) is 0 Å². The van der Waals surface area contributed by atoms with Crippen molar-refractivity contribution >= 4 is 10.0 Å². The molecule has 1 atom stereocenters. The maximum absolute atomic E-state index is 11.2. The van der Waals surface area contributed by atoms with Gasteiger partial charge in [-0.1, -0.05) is 0 Å². The Labute approximate surface area is 84.5 Å². The van der Waals surface area contributed by atoms with Crippen LogP contribution in [0.1, 0.15) is 12.8 Å². The Balaban J connectivity index is 2.24. The van der Waals surface area contributed by atoms with Crippen LogP contribution >= 0.6 is 0 Å². The summed E-state index contributed by atoms with van der Waals surface area (Å²) in [5.41, 5.74) is 0. The van der Waals surface area contributed by atoms with E-state index in [1.54, 1.807) is 0 Å². The molecule has 1 rings (SSSR count). The molecule has 0 bridgehead atoms. The average molecular weight is 223 g/mol. The zero-order valence-corrected chi connectivity index (χ0v) is 8.92. The molecule has 14 heavy (non-hydrogen) atoms. The van der Waals surface area contributed by atoms with Crippen molar-refractivity contribution < 1.29 is 18.3 Å². The number of aliphatic hydroxyl groups excluding tert-OH is 1. The van der Waals surface area contributed by atoms with Gasteiger partial charge in [-0.3, -0.25) is 0 Å². The lowest BCUT2D eigenvalue weighted by Gasteiger charge is -2.21. The molecule has 0 aromatic heterocycles. The van der Waals surface area contributed by atoms with E-state index in [1.165, 1.54) is 0 Å². The maximum Gasteiger partial charge on any atom is 0.213 e. The third kappa shape index (κ3) is 4.36. The van der Waals surface area contributed by atoms with E-state index in [0.717, 1.165) is 19.4 Å². The van der Waals surface area contributed by atoms with Crippen molar-refractivity contribution in [1.82, 2.24) is 4.72 Å². The molecule has 0 spiro atoms. The molecule has 1 saturated heterocycles. The molecule has 0 radical (unpaired) electrons. The Morgan fingerprint density at radius 2 is 2.29 bits per heavy atom. The third-order valence-corrected chi connectivity index (χ3v) is 3.53. The molecule has 6 heteroatoms. The number of ether oxygens (including phenoxy) is 1. The van der Waals surface area contributed by atoms with Crippen LogP contribution in [0.3, 0.4) is 0 Å². The third-order valence-electron chi connectivity index (χ3n) is 2.21. The summed E-state index contributed by atoms with van der Waals surface area (Å²) < 4.78 is 30.0. The molecule has 1 aliphatic rings. The second-order valence-corrected chi connectivity index (χ2v) is 5.40. The van der Waals surface area contributed by atoms with Crippen LogP contribution in [-0.2, 0) is 14.8 Å². The first-order chi connectivity index (χ1) is 6.64. The summed E-state index contributed by atoms with van der Waals surface area (Å²) in [6.45, 7) is 1.49. The van der Waals surface area contributed by atoms with Crippen LogP contribution in [0.25, 0.3) is 0 Å². The zero-order chi connectivity index (χ0) is 10.4. The van der Waals surface area contributed by atoms with E-state index >= 15 is 0 Å². The van der Waals surface area contributed by atoms with Gasteiger partial charge in [-0.2, -0.15) is 0 Å². The molecule has 1 unspecified atom stereocenters. The Morgan fingerprint density at radius 1 is 1.50 bits per heavy atom. The summed E-state index contributed by atoms with van der Waals surface area (Å²) in [6, 6.07) is 0. The fraction of sp³-hybridized carbons (Fsp3) is 1.00. The number of rotatable bonds is 5. The van der Waals surface area contributed by atoms with Gasteiger partial charge in [-0.05, 0) is 18.8 Å². The first-order valence-electron chi connectivity index (χ1n) is 4.80. The summed E-state index contributed by atoms with van der Waals surface area (Å²) >= 11 is 0. The lowest BCUT2D eigenvalue weighted by atomic mass is 10.0. The van der Waals surface area contributed by atoms with Gasteiger partial charge < -0.3 is 9.84 Å². The van der Waals surface area contributed by atoms with E-state index < -0.39 is 10.0 Å². The molecule has 84 valence electrons. The summed E-state index contributed by atoms with van der Waals surface area (Å²) in [4.78, 5) is 0. The average Bonchev–Trinajstić information content (AvgIpc) is 2.17. The van der Waals surface area contributed by atoms with Crippen LogP contribution in [0.4, 0.5) is 0 Å². The molecule has 2 N–H and O–H groups in total. The van der Waals surface area contributed by atoms with Crippen LogP contribution in [-0.4, -0.2) is 45.6 Å². The van der Waals surface area contributed by atoms with Crippen molar-refractivity contribution in [2.24, 2.45) is 5.92 Å². The summed E-state index contributed by atoms with van der Waals surface area (Å²) in [5.74, 6) is 0.0536. The monoisotopic (exact) mass is 223 g/mol. The first kappa shape index (κ1) is 11.9. The van der Waals surface area contributed by atoms with Gasteiger partial charge in [0, 0.05) is 13.2 Å². The van der Waals surface area contributed by atoms with E-state index in [9.17, 15) is 8.42 Å². The minimum Gasteiger partial charge on any atom is -0.395 e. The highest BCUT2D eigenvalue weighted by molar-refractivity contribution is 7.89. The van der Waals surface area contributed by atoms with Crippen LogP contribution in [0.2, 0.25) is 0 Å². The smallest absolute Gasteiger partial charge is 0.213 e. The number of hydrogen-bond donors (Lipinski definition) is 2. The normalized spacial score (nSPS) is 23.6. The van der Waals surface area contributed by atoms with Crippen molar-refractivity contribution in [1.29, 1.82) is 0 Å². The number of sulfonamides is 1. The van der Waals surface area contributed by atoms with Crippen LogP contribution in [0.5, 0.6) is 0 Å². The van der Waals surface area contributed by atoms with Crippen LogP contribution < -0.4 is 4.72 Å². The fourth-order valence-corrected chi connectivity index (χ4v) is 2.28. The van der Waals surface area contributed by atoms with E-state index in [0.29, 0.717) is 13.2 Å². The molecule has 0 saturated carbocycles. The molecule has 0 aliphatic carbocycles. The van der Waals surface area contributed by atoms with Gasteiger partial charge in [-0.25, -0.2) is 13.1 Å². The summed E-state index contributed by atoms with van der Waals surface area (Å²) in [5, 5.41) is 8.49. The van der Waals surface area contributed by atoms with E-state index in [2.05, 4.69) is 4.72 Å². The predicted molar refractivity (Wildman–Crippen MR) is 52.4 cm³/mol. The van der Waals surface area contributed by atoms with E-state index in [1.807, 2.05) is 0 Å². The fourth-order valence-electron chi connectivity index (χ4n) is 1.41. The molecule has 1 fully saturated rings. The largest absolute Gasteiger partial charge is 0.395 e. The van der Waals surface area contributed by atoms with Gasteiger partial charge in [0.1, 0.15) is 0 Å². The van der Waals surface area contributed by atoms with E-state index in [4.69, 9.17) is 9.84 Å². The van der Waals surface area contributed by atoms with Gasteiger partial charge in [0.2, 0.25) is 10.0 Å². The summed E-state index contributed by atoms with van der Waals surface area (Å²) in [7, 11) is -3.29. The molecule has 0 aromatic carbocycles. The SMILES string of the molecule is O=S(=O)(CCO)NCC1CCCOC1. The van der Waals surface area contributed by atoms with Crippen molar-refractivity contribution in [2.45, 2.75) is 12.8 Å². The number of nitrogens with one attached hydrogen (secondary N) is 1. The lowest BCUT2D eigenvalue weighted by Crippen LogP contribution is -2.35. The van der Waals surface area contributed by atoms with Gasteiger partial charge in [0.25, 0.3) is 0 Å². The van der Waals surface area contributed by atoms with E-state index in [-0.39, 0.29) is 18.3 Å². The van der Waals surface area contributed by atoms with Gasteiger partial charge in [0.05, 0.1) is 19.0 Å². The minimum atomic E-state index is -3.29. The van der Waals surface area contributed by atoms with Crippen molar-refractivity contribution in [3.05, 3.63) is 0 Å². The second-order valence-electron chi connectivity index (χ2n) is 3.47. The molecule has 1 aliphatic heterocycles. The lowest BCUT2D eigenvalue weighted by molar-refractivity contribution is 0.0568. The Hall–Kier alpha value is -0.170. The minimum absolute atomic E-state index is 0.222. The second kappa shape index (κ2) is 5.65. The van der Waals surface area contributed by atoms with Gasteiger partial charge in [0.15, 0.2) is 0 Å². The summed E-state index contributed by atoms with van der Waals surface area (Å²) in [6.07, 6.45) is 1.99. The highest BCUT2D eigenvalue weighted by Gasteiger charge is 2.16. The standard InChI is InChI=1S/C8H17NO4S/c10-3-5-14(11,12)9-6-8-2-1-4-13-7-8/h8-10H,1-7H2. The number of aliphatic hydroxyl groups is 1. The Morgan fingerprint density at radius 3 is 2.86 bits per heavy atom. The van der Waals surface area contributed by atoms with Crippen molar-refractivity contribution in [2.75, 3.05) is 32.1 Å². The first-order valence-corrected chi connectivity index (χ1v) is 6.45. The predicted octanol–water partition coefficient (Wildman–Crippen LogP) is -0.675. The molecule has 0 amide bonds. The Bertz CT molecular complexity index is 246. The van der Waals surface area contributed by atoms with Crippen molar-refractivity contribution in [3.8, 4) is 0 Å². The van der Waals surface area contributed by atoms with Gasteiger partial charge >= 0.3 is 0 Å². The quantitative estimate of drug-likeness (QED) is 0.648. The molecular formula is C8H17NO4S. The van der Waals surface area contributed by atoms with Crippen molar-refractivity contribution in [3.63, 3.8) is 0 Å². The molecule has 0 aromatic rings. The topological polar surface area (TPSA) is 75.6 Å². The number of hydrogen-bond acceptors (Lipinski definition) is 4. The Kier molecular flexibility index (Phi) is 4.80. The molecule has 5 nitrogen and oxygen atoms in total.